The highest BCUT2D eigenvalue weighted by molar-refractivity contribution is 7.99. The molecule has 140 valence electrons. The Morgan fingerprint density at radius 3 is 2.41 bits per heavy atom. The van der Waals surface area contributed by atoms with E-state index in [1.165, 1.54) is 16.4 Å². The van der Waals surface area contributed by atoms with Gasteiger partial charge >= 0.3 is 0 Å². The predicted octanol–water partition coefficient (Wildman–Crippen LogP) is 3.64. The number of anilines is 1. The minimum atomic E-state index is -0.147. The summed E-state index contributed by atoms with van der Waals surface area (Å²) in [7, 11) is 0. The van der Waals surface area contributed by atoms with Gasteiger partial charge in [0.05, 0.1) is 5.75 Å². The van der Waals surface area contributed by atoms with Gasteiger partial charge in [-0.05, 0) is 36.4 Å². The summed E-state index contributed by atoms with van der Waals surface area (Å²) in [6, 6.07) is 16.7. The van der Waals surface area contributed by atoms with Crippen LogP contribution in [0.3, 0.4) is 0 Å². The first-order valence-corrected chi connectivity index (χ1v) is 9.47. The van der Waals surface area contributed by atoms with E-state index in [4.69, 9.17) is 10.6 Å². The van der Waals surface area contributed by atoms with Crippen LogP contribution in [0.25, 0.3) is 0 Å². The highest BCUT2D eigenvalue weighted by atomic mass is 32.2. The molecule has 0 unspecified atom stereocenters. The molecule has 0 saturated carbocycles. The van der Waals surface area contributed by atoms with E-state index in [0.717, 1.165) is 5.75 Å². The summed E-state index contributed by atoms with van der Waals surface area (Å²) >= 11 is 1.25. The Balaban J connectivity index is 1.52. The first-order valence-electron chi connectivity index (χ1n) is 8.49. The van der Waals surface area contributed by atoms with Gasteiger partial charge in [0.15, 0.2) is 5.82 Å². The number of thioether (sulfide) groups is 1. The maximum absolute atomic E-state index is 12.2. The van der Waals surface area contributed by atoms with Gasteiger partial charge in [-0.25, -0.2) is 4.68 Å². The zero-order chi connectivity index (χ0) is 19.2. The molecule has 27 heavy (non-hydrogen) atoms. The lowest BCUT2D eigenvalue weighted by Gasteiger charge is -2.08. The Hall–Kier alpha value is -3.00. The summed E-state index contributed by atoms with van der Waals surface area (Å²) < 4.78 is 7.16. The van der Waals surface area contributed by atoms with Gasteiger partial charge in [0.25, 0.3) is 0 Å². The molecule has 3 N–H and O–H groups in total. The third-order valence-electron chi connectivity index (χ3n) is 3.66. The largest absolute Gasteiger partial charge is 0.457 e. The number of ether oxygens (including phenoxy) is 1. The van der Waals surface area contributed by atoms with Gasteiger partial charge in [-0.1, -0.05) is 43.8 Å². The Labute approximate surface area is 161 Å². The van der Waals surface area contributed by atoms with Crippen molar-refractivity contribution in [2.24, 2.45) is 0 Å². The minimum absolute atomic E-state index is 0.147. The molecule has 0 bridgehead atoms. The number of nitrogens with two attached hydrogens (primary N) is 1. The number of nitrogens with one attached hydrogen (secondary N) is 1. The second-order valence-electron chi connectivity index (χ2n) is 6.14. The van der Waals surface area contributed by atoms with E-state index in [0.29, 0.717) is 22.4 Å². The molecule has 1 heterocycles. The minimum Gasteiger partial charge on any atom is -0.457 e. The van der Waals surface area contributed by atoms with Crippen LogP contribution in [0, 0.1) is 0 Å². The molecule has 0 radical (unpaired) electrons. The maximum Gasteiger partial charge on any atom is 0.234 e. The van der Waals surface area contributed by atoms with Crippen molar-refractivity contribution in [3.05, 3.63) is 60.4 Å². The smallest absolute Gasteiger partial charge is 0.234 e. The molecule has 3 aromatic rings. The van der Waals surface area contributed by atoms with Gasteiger partial charge in [0, 0.05) is 11.6 Å². The Bertz CT molecular complexity index is 894. The molecule has 1 aromatic heterocycles. The number of aromatic nitrogens is 3. The van der Waals surface area contributed by atoms with Crippen molar-refractivity contribution in [2.75, 3.05) is 16.9 Å². The van der Waals surface area contributed by atoms with Gasteiger partial charge in [0.2, 0.25) is 11.1 Å². The van der Waals surface area contributed by atoms with Gasteiger partial charge < -0.3 is 15.9 Å². The number of para-hydroxylation sites is 1. The number of hydrogen-bond acceptors (Lipinski definition) is 6. The highest BCUT2D eigenvalue weighted by Gasteiger charge is 2.14. The normalized spacial score (nSPS) is 10.8. The molecule has 0 spiro atoms. The molecule has 0 aliphatic rings. The van der Waals surface area contributed by atoms with Gasteiger partial charge in [0.1, 0.15) is 11.5 Å². The monoisotopic (exact) mass is 383 g/mol. The zero-order valence-electron chi connectivity index (χ0n) is 15.1. The number of carbonyl (C=O) groups is 1. The van der Waals surface area contributed by atoms with E-state index in [-0.39, 0.29) is 17.6 Å². The van der Waals surface area contributed by atoms with E-state index >= 15 is 0 Å². The van der Waals surface area contributed by atoms with E-state index in [9.17, 15) is 4.79 Å². The third kappa shape index (κ3) is 5.01. The quantitative estimate of drug-likeness (QED) is 0.478. The second-order valence-corrected chi connectivity index (χ2v) is 7.08. The van der Waals surface area contributed by atoms with Crippen molar-refractivity contribution in [3.8, 4) is 11.5 Å². The molecule has 0 saturated heterocycles. The van der Waals surface area contributed by atoms with Crippen LogP contribution in [0.4, 0.5) is 5.69 Å². The van der Waals surface area contributed by atoms with Crippen LogP contribution in [0.5, 0.6) is 11.5 Å². The lowest BCUT2D eigenvalue weighted by atomic mass is 10.2. The number of nitrogens with zero attached hydrogens (tertiary/aromatic N) is 3. The van der Waals surface area contributed by atoms with Gasteiger partial charge in [-0.15, -0.1) is 10.2 Å². The molecule has 8 heteroatoms. The van der Waals surface area contributed by atoms with Crippen molar-refractivity contribution in [1.29, 1.82) is 0 Å². The molecule has 0 atom stereocenters. The third-order valence-corrected chi connectivity index (χ3v) is 4.60. The molecule has 0 fully saturated rings. The predicted molar refractivity (Wildman–Crippen MR) is 107 cm³/mol. The summed E-state index contributed by atoms with van der Waals surface area (Å²) in [4.78, 5) is 12.2. The number of amides is 1. The van der Waals surface area contributed by atoms with Gasteiger partial charge in [-0.3, -0.25) is 4.79 Å². The lowest BCUT2D eigenvalue weighted by Crippen LogP contribution is -2.17. The first-order chi connectivity index (χ1) is 13.0. The number of rotatable bonds is 7. The average molecular weight is 383 g/mol. The topological polar surface area (TPSA) is 95.1 Å². The van der Waals surface area contributed by atoms with E-state index in [1.807, 2.05) is 44.2 Å². The van der Waals surface area contributed by atoms with Crippen LogP contribution in [-0.2, 0) is 4.79 Å². The van der Waals surface area contributed by atoms with Crippen molar-refractivity contribution in [2.45, 2.75) is 24.9 Å². The fourth-order valence-electron chi connectivity index (χ4n) is 2.34. The molecule has 1 amide bonds. The fraction of sp³-hybridized carbons (Fsp3) is 0.211. The lowest BCUT2D eigenvalue weighted by molar-refractivity contribution is -0.113. The summed E-state index contributed by atoms with van der Waals surface area (Å²) in [6.45, 7) is 3.97. The van der Waals surface area contributed by atoms with Crippen LogP contribution in [-0.4, -0.2) is 26.5 Å². The Morgan fingerprint density at radius 1 is 1.11 bits per heavy atom. The molecular formula is C19H21N5O2S. The summed E-state index contributed by atoms with van der Waals surface area (Å²) in [5, 5.41) is 11.4. The number of carbonyl (C=O) groups excluding carboxylic acids is 1. The van der Waals surface area contributed by atoms with E-state index in [2.05, 4.69) is 15.5 Å². The number of benzene rings is 2. The van der Waals surface area contributed by atoms with Gasteiger partial charge in [-0.2, -0.15) is 0 Å². The maximum atomic E-state index is 12.2. The molecule has 3 rings (SSSR count). The SMILES string of the molecule is CC(C)c1nnc(SCC(=O)Nc2ccc(Oc3ccccc3)cc2)n1N. The van der Waals surface area contributed by atoms with Crippen LogP contribution in [0.15, 0.2) is 59.8 Å². The van der Waals surface area contributed by atoms with Crippen molar-refractivity contribution in [1.82, 2.24) is 14.9 Å². The fourth-order valence-corrected chi connectivity index (χ4v) is 3.00. The number of nitrogen functional groups attached to an aromatic ring is 1. The van der Waals surface area contributed by atoms with Crippen molar-refractivity contribution in [3.63, 3.8) is 0 Å². The van der Waals surface area contributed by atoms with Crippen molar-refractivity contribution >= 4 is 23.4 Å². The van der Waals surface area contributed by atoms with Crippen LogP contribution < -0.4 is 15.9 Å². The molecule has 7 nitrogen and oxygen atoms in total. The Morgan fingerprint density at radius 2 is 1.78 bits per heavy atom. The molecule has 2 aromatic carbocycles. The van der Waals surface area contributed by atoms with Crippen LogP contribution >= 0.6 is 11.8 Å². The Kier molecular flexibility index (Phi) is 5.97. The first kappa shape index (κ1) is 18.8. The standard InChI is InChI=1S/C19H21N5O2S/c1-13(2)18-22-23-19(24(18)20)27-12-17(25)21-14-8-10-16(11-9-14)26-15-6-4-3-5-7-15/h3-11,13H,12,20H2,1-2H3,(H,21,25). The van der Waals surface area contributed by atoms with E-state index in [1.54, 1.807) is 24.3 Å². The molecular weight excluding hydrogens is 362 g/mol. The van der Waals surface area contributed by atoms with Crippen molar-refractivity contribution < 1.29 is 9.53 Å². The molecule has 0 aliphatic heterocycles. The summed E-state index contributed by atoms with van der Waals surface area (Å²) in [5.41, 5.74) is 0.693. The molecule has 0 aliphatic carbocycles. The second kappa shape index (κ2) is 8.59. The van der Waals surface area contributed by atoms with E-state index < -0.39 is 0 Å². The summed E-state index contributed by atoms with van der Waals surface area (Å²) in [5.74, 6) is 8.31. The average Bonchev–Trinajstić information content (AvgIpc) is 3.03. The zero-order valence-corrected chi connectivity index (χ0v) is 15.9. The number of hydrogen-bond donors (Lipinski definition) is 2. The summed E-state index contributed by atoms with van der Waals surface area (Å²) in [6.07, 6.45) is 0. The van der Waals surface area contributed by atoms with Crippen LogP contribution in [0.1, 0.15) is 25.6 Å². The van der Waals surface area contributed by atoms with Crippen LogP contribution in [0.2, 0.25) is 0 Å². The highest BCUT2D eigenvalue weighted by Crippen LogP contribution is 2.23.